The van der Waals surface area contributed by atoms with Gasteiger partial charge in [0.15, 0.2) is 5.82 Å². The van der Waals surface area contributed by atoms with Crippen LogP contribution in [0.25, 0.3) is 0 Å². The highest BCUT2D eigenvalue weighted by Gasteiger charge is 2.62. The Morgan fingerprint density at radius 1 is 1.21 bits per heavy atom. The van der Waals surface area contributed by atoms with Gasteiger partial charge >= 0.3 is 11.9 Å². The molecule has 2 atom stereocenters. The summed E-state index contributed by atoms with van der Waals surface area (Å²) in [4.78, 5) is 22.3. The number of nitrogens with one attached hydrogen (secondary N) is 1. The van der Waals surface area contributed by atoms with E-state index in [2.05, 4.69) is 10.5 Å². The monoisotopic (exact) mass is 619 g/mol. The quantitative estimate of drug-likeness (QED) is 0.366. The SMILES string of the molecule is Cc1cc(C2=NOC(c3cc(Cl)c(F)c(Cl)c3)(C(F)(F)F)C2)ccc1C(=O)NC1CON(S(=O)(=O)C(F)F)C1. The van der Waals surface area contributed by atoms with Gasteiger partial charge in [0.25, 0.3) is 21.5 Å². The summed E-state index contributed by atoms with van der Waals surface area (Å²) < 4.78 is 105. The standard InChI is InChI=1S/C22H17Cl2F6N3O5S/c1-10-4-11(2-3-14(10)19(34)31-13-8-33(37-9-13)39(35,36)20(26)27)17-7-21(38-32-17,22(28,29)30)12-5-15(23)18(25)16(24)6-12/h2-6,13,20H,7-9H2,1H3,(H,31,34). The third-order valence-electron chi connectivity index (χ3n) is 6.07. The van der Waals surface area contributed by atoms with E-state index < -0.39 is 73.9 Å². The normalized spacial score (nSPS) is 22.2. The molecular formula is C22H17Cl2F6N3O5S. The maximum atomic E-state index is 14.2. The number of hydrogen-bond donors (Lipinski definition) is 1. The fourth-order valence-corrected chi connectivity index (χ4v) is 5.28. The lowest BCUT2D eigenvalue weighted by Crippen LogP contribution is -2.42. The number of carbonyl (C=O) groups is 1. The Bertz CT molecular complexity index is 1430. The number of alkyl halides is 5. The minimum Gasteiger partial charge on any atom is -0.374 e. The van der Waals surface area contributed by atoms with E-state index in [4.69, 9.17) is 32.9 Å². The van der Waals surface area contributed by atoms with Crippen LogP contribution in [0.3, 0.4) is 0 Å². The Balaban J connectivity index is 1.52. The second kappa shape index (κ2) is 10.4. The first kappa shape index (κ1) is 29.4. The van der Waals surface area contributed by atoms with Crippen LogP contribution in [0.5, 0.6) is 0 Å². The number of hydroxylamine groups is 1. The molecule has 0 saturated carbocycles. The highest BCUT2D eigenvalue weighted by atomic mass is 35.5. The molecule has 8 nitrogen and oxygen atoms in total. The molecule has 0 aliphatic carbocycles. The molecule has 17 heteroatoms. The van der Waals surface area contributed by atoms with Crippen molar-refractivity contribution in [2.24, 2.45) is 5.16 Å². The van der Waals surface area contributed by atoms with Gasteiger partial charge < -0.3 is 10.2 Å². The van der Waals surface area contributed by atoms with Crippen molar-refractivity contribution in [1.29, 1.82) is 0 Å². The van der Waals surface area contributed by atoms with Gasteiger partial charge in [0.05, 0.1) is 35.0 Å². The highest BCUT2D eigenvalue weighted by Crippen LogP contribution is 2.50. The van der Waals surface area contributed by atoms with Crippen molar-refractivity contribution < 1.29 is 49.2 Å². The first-order valence-corrected chi connectivity index (χ1v) is 13.1. The number of nitrogens with zero attached hydrogens (tertiary/aromatic N) is 2. The van der Waals surface area contributed by atoms with Gasteiger partial charge in [-0.2, -0.15) is 22.0 Å². The molecule has 4 rings (SSSR count). The number of sulfonamides is 1. The van der Waals surface area contributed by atoms with Crippen molar-refractivity contribution in [3.63, 3.8) is 0 Å². The molecule has 2 unspecified atom stereocenters. The van der Waals surface area contributed by atoms with Crippen molar-refractivity contribution in [3.05, 3.63) is 68.4 Å². The van der Waals surface area contributed by atoms with Gasteiger partial charge in [-0.15, -0.1) is 0 Å². The zero-order chi connectivity index (χ0) is 28.9. The van der Waals surface area contributed by atoms with Crippen LogP contribution < -0.4 is 5.32 Å². The number of hydrogen-bond acceptors (Lipinski definition) is 6. The third kappa shape index (κ3) is 5.42. The van der Waals surface area contributed by atoms with Gasteiger partial charge in [-0.25, -0.2) is 12.8 Å². The summed E-state index contributed by atoms with van der Waals surface area (Å²) in [5, 5.41) is 4.80. The first-order chi connectivity index (χ1) is 18.1. The summed E-state index contributed by atoms with van der Waals surface area (Å²) in [6.45, 7) is 0.574. The van der Waals surface area contributed by atoms with Crippen molar-refractivity contribution in [2.45, 2.75) is 36.9 Å². The van der Waals surface area contributed by atoms with E-state index in [1.807, 2.05) is 0 Å². The summed E-state index contributed by atoms with van der Waals surface area (Å²) in [5.41, 5.74) is -3.11. The van der Waals surface area contributed by atoms with E-state index in [-0.39, 0.29) is 27.9 Å². The van der Waals surface area contributed by atoms with Gasteiger partial charge in [0.1, 0.15) is 0 Å². The van der Waals surface area contributed by atoms with Gasteiger partial charge in [-0.1, -0.05) is 38.9 Å². The number of carbonyl (C=O) groups excluding carboxylic acids is 1. The predicted octanol–water partition coefficient (Wildman–Crippen LogP) is 4.92. The maximum Gasteiger partial charge on any atom is 0.435 e. The molecule has 0 radical (unpaired) electrons. The van der Waals surface area contributed by atoms with Crippen LogP contribution in [0.2, 0.25) is 10.0 Å². The molecule has 1 N–H and O–H groups in total. The lowest BCUT2D eigenvalue weighted by Gasteiger charge is -2.29. The fraction of sp³-hybridized carbons (Fsp3) is 0.364. The average Bonchev–Trinajstić information content (AvgIpc) is 3.50. The summed E-state index contributed by atoms with van der Waals surface area (Å²) in [7, 11) is -4.99. The molecule has 0 aromatic heterocycles. The van der Waals surface area contributed by atoms with E-state index >= 15 is 0 Å². The summed E-state index contributed by atoms with van der Waals surface area (Å²) in [6.07, 6.45) is -5.82. The minimum atomic E-state index is -5.01. The van der Waals surface area contributed by atoms with E-state index in [1.165, 1.54) is 25.1 Å². The maximum absolute atomic E-state index is 14.2. The number of amides is 1. The van der Waals surface area contributed by atoms with Crippen molar-refractivity contribution in [1.82, 2.24) is 9.79 Å². The molecule has 2 heterocycles. The third-order valence-corrected chi connectivity index (χ3v) is 7.90. The minimum absolute atomic E-state index is 0.0765. The van der Waals surface area contributed by atoms with Crippen LogP contribution in [-0.4, -0.2) is 55.6 Å². The zero-order valence-electron chi connectivity index (χ0n) is 19.5. The van der Waals surface area contributed by atoms with Gasteiger partial charge in [0.2, 0.25) is 0 Å². The molecule has 212 valence electrons. The van der Waals surface area contributed by atoms with Crippen molar-refractivity contribution >= 4 is 44.8 Å². The van der Waals surface area contributed by atoms with Crippen LogP contribution in [0.15, 0.2) is 35.5 Å². The summed E-state index contributed by atoms with van der Waals surface area (Å²) in [5.74, 6) is -5.48. The Kier molecular flexibility index (Phi) is 7.86. The molecule has 0 spiro atoms. The topological polar surface area (TPSA) is 97.3 Å². The first-order valence-electron chi connectivity index (χ1n) is 10.9. The van der Waals surface area contributed by atoms with Crippen molar-refractivity contribution in [2.75, 3.05) is 13.2 Å². The van der Waals surface area contributed by atoms with Gasteiger partial charge in [-0.05, 0) is 42.3 Å². The van der Waals surface area contributed by atoms with Crippen molar-refractivity contribution in [3.8, 4) is 0 Å². The van der Waals surface area contributed by atoms with Crippen LogP contribution in [0.4, 0.5) is 26.3 Å². The molecule has 2 aliphatic rings. The highest BCUT2D eigenvalue weighted by molar-refractivity contribution is 7.89. The second-order valence-electron chi connectivity index (χ2n) is 8.67. The van der Waals surface area contributed by atoms with Crippen LogP contribution >= 0.6 is 23.2 Å². The predicted molar refractivity (Wildman–Crippen MR) is 126 cm³/mol. The fourth-order valence-electron chi connectivity index (χ4n) is 4.02. The Hall–Kier alpha value is -2.59. The largest absolute Gasteiger partial charge is 0.435 e. The zero-order valence-corrected chi connectivity index (χ0v) is 21.9. The molecular weight excluding hydrogens is 603 g/mol. The van der Waals surface area contributed by atoms with E-state index in [1.54, 1.807) is 0 Å². The number of benzene rings is 2. The average molecular weight is 620 g/mol. The molecule has 1 fully saturated rings. The van der Waals surface area contributed by atoms with Crippen LogP contribution in [0, 0.1) is 12.7 Å². The lowest BCUT2D eigenvalue weighted by molar-refractivity contribution is -0.275. The van der Waals surface area contributed by atoms with Gasteiger partial charge in [-0.3, -0.25) is 9.63 Å². The molecule has 0 bridgehead atoms. The van der Waals surface area contributed by atoms with Gasteiger partial charge in [0, 0.05) is 17.5 Å². The number of aryl methyl sites for hydroxylation is 1. The Morgan fingerprint density at radius 2 is 1.85 bits per heavy atom. The summed E-state index contributed by atoms with van der Waals surface area (Å²) in [6, 6.07) is 4.58. The molecule has 2 aromatic rings. The summed E-state index contributed by atoms with van der Waals surface area (Å²) >= 11 is 11.4. The Labute approximate surface area is 227 Å². The molecule has 1 saturated heterocycles. The molecule has 39 heavy (non-hydrogen) atoms. The lowest BCUT2D eigenvalue weighted by atomic mass is 9.86. The van der Waals surface area contributed by atoms with E-state index in [0.29, 0.717) is 5.56 Å². The number of rotatable bonds is 6. The molecule has 2 aromatic carbocycles. The molecule has 2 aliphatic heterocycles. The van der Waals surface area contributed by atoms with Crippen LogP contribution in [-0.2, 0) is 25.3 Å². The van der Waals surface area contributed by atoms with E-state index in [9.17, 15) is 39.6 Å². The smallest absolute Gasteiger partial charge is 0.374 e. The molecule has 1 amide bonds. The second-order valence-corrected chi connectivity index (χ2v) is 11.3. The number of oxime groups is 1. The van der Waals surface area contributed by atoms with Crippen LogP contribution in [0.1, 0.15) is 33.5 Å². The van der Waals surface area contributed by atoms with E-state index in [0.717, 1.165) is 12.1 Å². The number of halogens is 8. The Morgan fingerprint density at radius 3 is 2.41 bits per heavy atom.